The first-order valence-corrected chi connectivity index (χ1v) is 8.32. The van der Waals surface area contributed by atoms with Crippen LogP contribution in [0.5, 0.6) is 0 Å². The van der Waals surface area contributed by atoms with Gasteiger partial charge in [0, 0.05) is 5.56 Å². The Labute approximate surface area is 141 Å². The van der Waals surface area contributed by atoms with Gasteiger partial charge in [0.05, 0.1) is 26.7 Å². The quantitative estimate of drug-likeness (QED) is 0.828. The zero-order chi connectivity index (χ0) is 16.5. The number of anilines is 1. The van der Waals surface area contributed by atoms with Crippen molar-refractivity contribution in [2.45, 2.75) is 4.90 Å². The van der Waals surface area contributed by atoms with Crippen LogP contribution in [0.3, 0.4) is 0 Å². The zero-order valence-electron chi connectivity index (χ0n) is 10.6. The summed E-state index contributed by atoms with van der Waals surface area (Å²) in [5.41, 5.74) is -0.452. The van der Waals surface area contributed by atoms with Crippen LogP contribution in [0.1, 0.15) is 10.4 Å². The van der Waals surface area contributed by atoms with Crippen molar-refractivity contribution in [2.24, 2.45) is 0 Å². The van der Waals surface area contributed by atoms with E-state index in [2.05, 4.69) is 4.72 Å². The number of benzene rings is 2. The van der Waals surface area contributed by atoms with E-state index < -0.39 is 16.0 Å². The summed E-state index contributed by atoms with van der Waals surface area (Å²) in [5, 5.41) is 11.0. The molecule has 2 aromatic carbocycles. The Bertz CT molecular complexity index is 852. The van der Waals surface area contributed by atoms with Crippen LogP contribution in [0.15, 0.2) is 41.3 Å². The molecule has 0 unspecified atom stereocenters. The third kappa shape index (κ3) is 3.47. The summed E-state index contributed by atoms with van der Waals surface area (Å²) in [5.74, 6) is -1.52. The maximum atomic E-state index is 12.4. The van der Waals surface area contributed by atoms with Gasteiger partial charge in [0.15, 0.2) is 0 Å². The SMILES string of the molecule is O=C([O-])c1ccccc1NS(=O)(=O)c1cc(Cl)c(Cl)cc1Cl. The summed E-state index contributed by atoms with van der Waals surface area (Å²) in [6.45, 7) is 0. The number of rotatable bonds is 4. The highest BCUT2D eigenvalue weighted by Crippen LogP contribution is 2.32. The average Bonchev–Trinajstić information content (AvgIpc) is 2.42. The molecule has 2 aromatic rings. The fraction of sp³-hybridized carbons (Fsp3) is 0. The van der Waals surface area contributed by atoms with Crippen molar-refractivity contribution in [3.63, 3.8) is 0 Å². The second kappa shape index (κ2) is 6.34. The Hall–Kier alpha value is -1.47. The monoisotopic (exact) mass is 378 g/mol. The number of halogens is 3. The maximum Gasteiger partial charge on any atom is 0.263 e. The summed E-state index contributed by atoms with van der Waals surface area (Å²) < 4.78 is 26.8. The molecule has 22 heavy (non-hydrogen) atoms. The number of nitrogens with one attached hydrogen (secondary N) is 1. The van der Waals surface area contributed by atoms with Crippen LogP contribution < -0.4 is 9.83 Å². The molecule has 0 atom stereocenters. The first-order valence-electron chi connectivity index (χ1n) is 5.70. The highest BCUT2D eigenvalue weighted by Gasteiger charge is 2.21. The predicted octanol–water partition coefficient (Wildman–Crippen LogP) is 2.81. The molecule has 0 aliphatic rings. The molecule has 0 heterocycles. The number of carboxylic acids is 1. The molecule has 1 N–H and O–H groups in total. The lowest BCUT2D eigenvalue weighted by molar-refractivity contribution is -0.254. The van der Waals surface area contributed by atoms with E-state index >= 15 is 0 Å². The minimum absolute atomic E-state index is 0.000344. The normalized spacial score (nSPS) is 11.2. The van der Waals surface area contributed by atoms with Crippen molar-refractivity contribution in [2.75, 3.05) is 4.72 Å². The largest absolute Gasteiger partial charge is 0.545 e. The summed E-state index contributed by atoms with van der Waals surface area (Å²) in [6, 6.07) is 7.68. The van der Waals surface area contributed by atoms with Gasteiger partial charge in [-0.25, -0.2) is 8.42 Å². The Morgan fingerprint density at radius 2 is 1.59 bits per heavy atom. The lowest BCUT2D eigenvalue weighted by Gasteiger charge is -2.14. The Kier molecular flexibility index (Phi) is 4.87. The first-order chi connectivity index (χ1) is 10.2. The first kappa shape index (κ1) is 16.9. The number of hydrogen-bond donors (Lipinski definition) is 1. The molecule has 9 heteroatoms. The molecule has 0 radical (unpaired) electrons. The van der Waals surface area contributed by atoms with Crippen LogP contribution >= 0.6 is 34.8 Å². The number of hydrogen-bond acceptors (Lipinski definition) is 4. The van der Waals surface area contributed by atoms with E-state index in [1.807, 2.05) is 0 Å². The summed E-state index contributed by atoms with van der Waals surface area (Å²) in [6.07, 6.45) is 0. The van der Waals surface area contributed by atoms with E-state index in [1.54, 1.807) is 0 Å². The third-order valence-electron chi connectivity index (χ3n) is 2.66. The lowest BCUT2D eigenvalue weighted by Crippen LogP contribution is -2.25. The second-order valence-corrected chi connectivity index (χ2v) is 7.01. The van der Waals surface area contributed by atoms with Gasteiger partial charge in [-0.1, -0.05) is 53.0 Å². The number of carbonyl (C=O) groups is 1. The molecule has 0 aromatic heterocycles. The smallest absolute Gasteiger partial charge is 0.263 e. The van der Waals surface area contributed by atoms with Gasteiger partial charge >= 0.3 is 0 Å². The Morgan fingerprint density at radius 3 is 2.23 bits per heavy atom. The molecule has 0 aliphatic heterocycles. The zero-order valence-corrected chi connectivity index (χ0v) is 13.7. The van der Waals surface area contributed by atoms with Gasteiger partial charge in [0.2, 0.25) is 0 Å². The van der Waals surface area contributed by atoms with Crippen LogP contribution in [0.25, 0.3) is 0 Å². The van der Waals surface area contributed by atoms with E-state index in [-0.39, 0.29) is 31.2 Å². The standard InChI is InChI=1S/C13H8Cl3NO4S/c14-8-5-10(16)12(6-9(8)15)22(20,21)17-11-4-2-1-3-7(11)13(18)19/h1-6,17H,(H,18,19)/p-1. The van der Waals surface area contributed by atoms with Gasteiger partial charge in [-0.15, -0.1) is 0 Å². The molecule has 2 rings (SSSR count). The average molecular weight is 380 g/mol. The fourth-order valence-corrected chi connectivity index (χ4v) is 3.74. The molecular formula is C13H7Cl3NO4S-. The molecule has 0 bridgehead atoms. The molecule has 0 fully saturated rings. The van der Waals surface area contributed by atoms with Crippen LogP contribution in [-0.2, 0) is 10.0 Å². The summed E-state index contributed by atoms with van der Waals surface area (Å²) in [4.78, 5) is 10.7. The van der Waals surface area contributed by atoms with Gasteiger partial charge in [0.1, 0.15) is 4.90 Å². The molecule has 0 aliphatic carbocycles. The van der Waals surface area contributed by atoms with Crippen molar-refractivity contribution in [1.82, 2.24) is 0 Å². The van der Waals surface area contributed by atoms with Gasteiger partial charge in [-0.3, -0.25) is 4.72 Å². The Morgan fingerprint density at radius 1 is 1.00 bits per heavy atom. The number of carbonyl (C=O) groups excluding carboxylic acids is 1. The summed E-state index contributed by atoms with van der Waals surface area (Å²) in [7, 11) is -4.16. The maximum absolute atomic E-state index is 12.4. The van der Waals surface area contributed by atoms with Crippen LogP contribution in [0.4, 0.5) is 5.69 Å². The molecule has 116 valence electrons. The van der Waals surface area contributed by atoms with Crippen LogP contribution in [0.2, 0.25) is 15.1 Å². The molecule has 5 nitrogen and oxygen atoms in total. The third-order valence-corrected chi connectivity index (χ3v) is 5.21. The molecule has 0 saturated carbocycles. The predicted molar refractivity (Wildman–Crippen MR) is 83.1 cm³/mol. The molecule has 0 amide bonds. The van der Waals surface area contributed by atoms with Crippen molar-refractivity contribution in [3.05, 3.63) is 57.0 Å². The van der Waals surface area contributed by atoms with E-state index in [0.717, 1.165) is 6.07 Å². The van der Waals surface area contributed by atoms with Gasteiger partial charge < -0.3 is 9.90 Å². The molecular weight excluding hydrogens is 373 g/mol. The van der Waals surface area contributed by atoms with Gasteiger partial charge in [0.25, 0.3) is 10.0 Å². The summed E-state index contributed by atoms with van der Waals surface area (Å²) >= 11 is 17.4. The topological polar surface area (TPSA) is 86.3 Å². The number of sulfonamides is 1. The highest BCUT2D eigenvalue weighted by molar-refractivity contribution is 7.92. The van der Waals surface area contributed by atoms with Crippen molar-refractivity contribution < 1.29 is 18.3 Å². The number of carboxylic acid groups (broad SMARTS) is 1. The van der Waals surface area contributed by atoms with E-state index in [1.165, 1.54) is 30.3 Å². The molecule has 0 saturated heterocycles. The number of aromatic carboxylic acids is 1. The van der Waals surface area contributed by atoms with E-state index in [4.69, 9.17) is 34.8 Å². The van der Waals surface area contributed by atoms with Crippen LogP contribution in [0, 0.1) is 0 Å². The van der Waals surface area contributed by atoms with Gasteiger partial charge in [-0.2, -0.15) is 0 Å². The minimum Gasteiger partial charge on any atom is -0.545 e. The van der Waals surface area contributed by atoms with Crippen molar-refractivity contribution >= 4 is 56.5 Å². The van der Waals surface area contributed by atoms with E-state index in [9.17, 15) is 18.3 Å². The number of para-hydroxylation sites is 1. The molecule has 0 spiro atoms. The highest BCUT2D eigenvalue weighted by atomic mass is 35.5. The lowest BCUT2D eigenvalue weighted by atomic mass is 10.2. The van der Waals surface area contributed by atoms with Crippen molar-refractivity contribution in [1.29, 1.82) is 0 Å². The minimum atomic E-state index is -4.16. The van der Waals surface area contributed by atoms with Crippen molar-refractivity contribution in [3.8, 4) is 0 Å². The fourth-order valence-electron chi connectivity index (χ4n) is 1.66. The van der Waals surface area contributed by atoms with E-state index in [0.29, 0.717) is 0 Å². The van der Waals surface area contributed by atoms with Crippen LogP contribution in [-0.4, -0.2) is 14.4 Å². The second-order valence-electron chi connectivity index (χ2n) is 4.14. The Balaban J connectivity index is 2.50. The van der Waals surface area contributed by atoms with Gasteiger partial charge in [-0.05, 0) is 18.2 Å².